The summed E-state index contributed by atoms with van der Waals surface area (Å²) in [5.74, 6) is 9.57. The molecule has 1 aliphatic heterocycles. The van der Waals surface area contributed by atoms with E-state index in [4.69, 9.17) is 26.9 Å². The second-order valence-electron chi connectivity index (χ2n) is 9.34. The molecule has 0 atom stereocenters. The third-order valence-corrected chi connectivity index (χ3v) is 6.08. The van der Waals surface area contributed by atoms with Crippen LogP contribution in [0.15, 0.2) is 41.9 Å². The largest absolute Gasteiger partial charge is 0.489 e. The molecule has 0 bridgehead atoms. The number of benzene rings is 1. The number of hydrogen-bond donors (Lipinski definition) is 3. The highest BCUT2D eigenvalue weighted by Crippen LogP contribution is 2.30. The average Bonchev–Trinajstić information content (AvgIpc) is 3.36. The lowest BCUT2D eigenvalue weighted by Crippen LogP contribution is -2.40. The second-order valence-corrected chi connectivity index (χ2v) is 9.34. The maximum Gasteiger partial charge on any atom is 0.202 e. The Morgan fingerprint density at radius 1 is 1.18 bits per heavy atom. The molecule has 38 heavy (non-hydrogen) atoms. The van der Waals surface area contributed by atoms with Gasteiger partial charge < -0.3 is 21.1 Å². The van der Waals surface area contributed by atoms with Crippen molar-refractivity contribution >= 4 is 17.3 Å². The zero-order valence-electron chi connectivity index (χ0n) is 21.5. The number of hydrazone groups is 1. The molecule has 1 fully saturated rings. The summed E-state index contributed by atoms with van der Waals surface area (Å²) < 4.78 is 42.6. The molecule has 3 heterocycles. The monoisotopic (exact) mass is 529 g/mol. The fourth-order valence-corrected chi connectivity index (χ4v) is 4.10. The lowest BCUT2D eigenvalue weighted by Gasteiger charge is -2.26. The highest BCUT2D eigenvalue weighted by atomic mass is 19.2. The molecule has 0 spiro atoms. The first-order valence-corrected chi connectivity index (χ1v) is 12.3. The predicted octanol–water partition coefficient (Wildman–Crippen LogP) is 2.17. The van der Waals surface area contributed by atoms with Gasteiger partial charge in [0.1, 0.15) is 12.4 Å². The molecule has 11 nitrogen and oxygen atoms in total. The second kappa shape index (κ2) is 12.2. The van der Waals surface area contributed by atoms with Crippen LogP contribution in [-0.2, 0) is 11.3 Å². The molecule has 1 saturated heterocycles. The van der Waals surface area contributed by atoms with Gasteiger partial charge in [0, 0.05) is 49.7 Å². The van der Waals surface area contributed by atoms with Crippen molar-refractivity contribution in [3.8, 4) is 16.9 Å². The Morgan fingerprint density at radius 3 is 2.66 bits per heavy atom. The van der Waals surface area contributed by atoms with Gasteiger partial charge in [0.25, 0.3) is 0 Å². The van der Waals surface area contributed by atoms with Crippen LogP contribution in [-0.4, -0.2) is 65.0 Å². The van der Waals surface area contributed by atoms with Crippen LogP contribution in [0.3, 0.4) is 0 Å². The summed E-state index contributed by atoms with van der Waals surface area (Å²) in [6.07, 6.45) is 5.16. The molecule has 204 valence electrons. The van der Waals surface area contributed by atoms with E-state index in [9.17, 15) is 4.39 Å². The molecule has 0 unspecified atom stereocenters. The maximum atomic E-state index is 15.1. The number of morpholine rings is 1. The summed E-state index contributed by atoms with van der Waals surface area (Å²) in [7, 11) is 0. The highest BCUT2D eigenvalue weighted by molar-refractivity contribution is 6.12. The van der Waals surface area contributed by atoms with Crippen molar-refractivity contribution in [1.29, 1.82) is 0 Å². The summed E-state index contributed by atoms with van der Waals surface area (Å²) in [5, 5.41) is 8.90. The molecule has 4 rings (SSSR count). The molecule has 2 aromatic heterocycles. The SMILES string of the molecule is CC(C)Cn1cc(-c2cnc(N)c(/C(=N/N)N(N)c3ccc(OCCN4CCOCC4)c(F)c3F)c2)cn1. The van der Waals surface area contributed by atoms with Crippen molar-refractivity contribution in [1.82, 2.24) is 19.7 Å². The average molecular weight is 530 g/mol. The van der Waals surface area contributed by atoms with Gasteiger partial charge in [-0.2, -0.15) is 14.6 Å². The molecule has 1 aromatic carbocycles. The Hall–Kier alpha value is -3.81. The summed E-state index contributed by atoms with van der Waals surface area (Å²) >= 11 is 0. The van der Waals surface area contributed by atoms with Crippen LogP contribution >= 0.6 is 0 Å². The number of rotatable bonds is 9. The minimum absolute atomic E-state index is 0.0620. The third-order valence-electron chi connectivity index (χ3n) is 6.08. The number of halogens is 2. The van der Waals surface area contributed by atoms with E-state index in [2.05, 4.69) is 33.9 Å². The zero-order valence-corrected chi connectivity index (χ0v) is 21.5. The molecule has 1 aliphatic rings. The predicted molar refractivity (Wildman–Crippen MR) is 141 cm³/mol. The summed E-state index contributed by atoms with van der Waals surface area (Å²) in [5.41, 5.74) is 7.49. The topological polar surface area (TPSA) is 146 Å². The molecular weight excluding hydrogens is 496 g/mol. The van der Waals surface area contributed by atoms with Gasteiger partial charge in [0.15, 0.2) is 17.4 Å². The van der Waals surface area contributed by atoms with E-state index >= 15 is 4.39 Å². The molecular formula is C25H33F2N9O2. The Labute approximate surface area is 219 Å². The Morgan fingerprint density at radius 2 is 1.95 bits per heavy atom. The molecule has 0 radical (unpaired) electrons. The van der Waals surface area contributed by atoms with Crippen molar-refractivity contribution < 1.29 is 18.3 Å². The van der Waals surface area contributed by atoms with Crippen LogP contribution in [0, 0.1) is 17.6 Å². The van der Waals surface area contributed by atoms with Gasteiger partial charge in [-0.15, -0.1) is 0 Å². The minimum atomic E-state index is -1.21. The number of anilines is 2. The number of ether oxygens (including phenoxy) is 2. The van der Waals surface area contributed by atoms with Crippen molar-refractivity contribution in [3.63, 3.8) is 0 Å². The lowest BCUT2D eigenvalue weighted by atomic mass is 10.1. The fourth-order valence-electron chi connectivity index (χ4n) is 4.10. The van der Waals surface area contributed by atoms with E-state index in [0.29, 0.717) is 31.2 Å². The van der Waals surface area contributed by atoms with Gasteiger partial charge in [-0.25, -0.2) is 15.2 Å². The van der Waals surface area contributed by atoms with Crippen molar-refractivity contribution in [2.24, 2.45) is 22.7 Å². The standard InChI is InChI=1S/C25H33F2N9O2/c1-16(2)14-35-15-18(13-32-35)17-11-19(24(28)31-12-17)25(33-29)36(30)20-3-4-21(23(27)22(20)26)38-10-7-34-5-8-37-9-6-34/h3-4,11-13,15-16H,5-10,14,29-30H2,1-2H3,(H2,28,31)/b33-25-. The molecule has 0 aliphatic carbocycles. The maximum absolute atomic E-state index is 15.1. The van der Waals surface area contributed by atoms with Gasteiger partial charge in [0.05, 0.1) is 30.7 Å². The Bertz CT molecular complexity index is 1280. The number of amidine groups is 1. The zero-order chi connectivity index (χ0) is 27.2. The van der Waals surface area contributed by atoms with Gasteiger partial charge in [-0.1, -0.05) is 13.8 Å². The highest BCUT2D eigenvalue weighted by Gasteiger charge is 2.24. The summed E-state index contributed by atoms with van der Waals surface area (Å²) in [6, 6.07) is 4.27. The molecule has 0 saturated carbocycles. The van der Waals surface area contributed by atoms with Crippen LogP contribution in [0.25, 0.3) is 11.1 Å². The van der Waals surface area contributed by atoms with Gasteiger partial charge in [-0.3, -0.25) is 14.6 Å². The van der Waals surface area contributed by atoms with Gasteiger partial charge >= 0.3 is 0 Å². The Balaban J connectivity index is 1.53. The Kier molecular flexibility index (Phi) is 8.71. The van der Waals surface area contributed by atoms with Crippen molar-refractivity contribution in [3.05, 3.63) is 54.0 Å². The smallest absolute Gasteiger partial charge is 0.202 e. The number of nitrogens with two attached hydrogens (primary N) is 3. The number of nitrogens with zero attached hydrogens (tertiary/aromatic N) is 6. The number of pyridine rings is 1. The minimum Gasteiger partial charge on any atom is -0.489 e. The molecule has 6 N–H and O–H groups in total. The first-order valence-electron chi connectivity index (χ1n) is 12.3. The molecule has 0 amide bonds. The number of nitrogen functional groups attached to an aromatic ring is 1. The van der Waals surface area contributed by atoms with E-state index in [0.717, 1.165) is 30.2 Å². The van der Waals surface area contributed by atoms with E-state index in [1.165, 1.54) is 12.1 Å². The first kappa shape index (κ1) is 27.2. The summed E-state index contributed by atoms with van der Waals surface area (Å²) in [6.45, 7) is 8.51. The summed E-state index contributed by atoms with van der Waals surface area (Å²) in [4.78, 5) is 6.34. The van der Waals surface area contributed by atoms with Gasteiger partial charge in [0.2, 0.25) is 5.82 Å². The van der Waals surface area contributed by atoms with Crippen molar-refractivity contribution in [2.75, 3.05) is 50.2 Å². The van der Waals surface area contributed by atoms with Crippen LogP contribution in [0.4, 0.5) is 20.3 Å². The van der Waals surface area contributed by atoms with E-state index in [1.54, 1.807) is 18.5 Å². The van der Waals surface area contributed by atoms with E-state index in [-0.39, 0.29) is 35.3 Å². The van der Waals surface area contributed by atoms with Crippen LogP contribution in [0.2, 0.25) is 0 Å². The molecule has 13 heteroatoms. The van der Waals surface area contributed by atoms with Crippen LogP contribution < -0.4 is 27.2 Å². The lowest BCUT2D eigenvalue weighted by molar-refractivity contribution is 0.0320. The molecule has 3 aromatic rings. The van der Waals surface area contributed by atoms with Crippen LogP contribution in [0.1, 0.15) is 19.4 Å². The van der Waals surface area contributed by atoms with Crippen molar-refractivity contribution in [2.45, 2.75) is 20.4 Å². The normalized spacial score (nSPS) is 14.7. The van der Waals surface area contributed by atoms with Crippen LogP contribution in [0.5, 0.6) is 5.75 Å². The quantitative estimate of drug-likeness (QED) is 0.164. The number of hydrogen-bond acceptors (Lipinski definition) is 9. The van der Waals surface area contributed by atoms with Gasteiger partial charge in [-0.05, 0) is 24.1 Å². The van der Waals surface area contributed by atoms with E-state index < -0.39 is 11.6 Å². The first-order chi connectivity index (χ1) is 18.3. The third kappa shape index (κ3) is 6.18. The number of hydrazine groups is 1. The number of aromatic nitrogens is 3. The fraction of sp³-hybridized carbons (Fsp3) is 0.400. The van der Waals surface area contributed by atoms with E-state index in [1.807, 2.05) is 10.9 Å².